The van der Waals surface area contributed by atoms with E-state index in [4.69, 9.17) is 5.73 Å². The molecule has 1 aliphatic carbocycles. The molecule has 1 unspecified atom stereocenters. The van der Waals surface area contributed by atoms with E-state index in [1.807, 2.05) is 4.57 Å². The summed E-state index contributed by atoms with van der Waals surface area (Å²) in [4.78, 5) is 16.2. The third-order valence-corrected chi connectivity index (χ3v) is 3.82. The lowest BCUT2D eigenvalue weighted by molar-refractivity contribution is 0.0905. The Balaban J connectivity index is 1.98. The van der Waals surface area contributed by atoms with Crippen LogP contribution in [0, 0.1) is 5.41 Å². The third-order valence-electron chi connectivity index (χ3n) is 3.82. The minimum absolute atomic E-state index is 0.0780. The number of nitrogens with one attached hydrogen (secondary N) is 1. The molecule has 100 valence electrons. The summed E-state index contributed by atoms with van der Waals surface area (Å²) in [6, 6.07) is 0.254. The summed E-state index contributed by atoms with van der Waals surface area (Å²) in [7, 11) is 0. The van der Waals surface area contributed by atoms with Crippen molar-refractivity contribution in [1.29, 1.82) is 0 Å². The fourth-order valence-electron chi connectivity index (χ4n) is 2.58. The molecule has 1 amide bonds. The first kappa shape index (κ1) is 13.1. The standard InChI is InChI=1S/C13H22N4O/c1-13(2)5-3-4-11(13)16-12(18)10-8-17(7-6-14)9-15-10/h8-9,11H,3-7,14H2,1-2H3,(H,16,18). The molecule has 1 saturated carbocycles. The number of aromatic nitrogens is 2. The fourth-order valence-corrected chi connectivity index (χ4v) is 2.58. The molecule has 0 aliphatic heterocycles. The van der Waals surface area contributed by atoms with Crippen LogP contribution < -0.4 is 11.1 Å². The van der Waals surface area contributed by atoms with Crippen molar-refractivity contribution in [3.63, 3.8) is 0 Å². The minimum atomic E-state index is -0.0780. The van der Waals surface area contributed by atoms with Crippen molar-refractivity contribution in [3.8, 4) is 0 Å². The third kappa shape index (κ3) is 2.72. The monoisotopic (exact) mass is 250 g/mol. The van der Waals surface area contributed by atoms with Crippen LogP contribution in [-0.4, -0.2) is 28.0 Å². The first-order valence-electron chi connectivity index (χ1n) is 6.55. The second kappa shape index (κ2) is 5.10. The first-order chi connectivity index (χ1) is 8.53. The summed E-state index contributed by atoms with van der Waals surface area (Å²) in [5, 5.41) is 3.09. The molecule has 0 radical (unpaired) electrons. The van der Waals surface area contributed by atoms with Crippen LogP contribution in [0.3, 0.4) is 0 Å². The molecular formula is C13H22N4O. The van der Waals surface area contributed by atoms with Crippen molar-refractivity contribution in [2.45, 2.75) is 45.7 Å². The van der Waals surface area contributed by atoms with Gasteiger partial charge in [0.1, 0.15) is 5.69 Å². The SMILES string of the molecule is CC1(C)CCCC1NC(=O)c1cn(CCN)cn1. The zero-order chi connectivity index (χ0) is 13.2. The summed E-state index contributed by atoms with van der Waals surface area (Å²) in [5.74, 6) is -0.0780. The van der Waals surface area contributed by atoms with Crippen LogP contribution in [0.1, 0.15) is 43.6 Å². The van der Waals surface area contributed by atoms with Crippen LogP contribution in [-0.2, 0) is 6.54 Å². The molecule has 2 rings (SSSR count). The summed E-state index contributed by atoms with van der Waals surface area (Å²) in [6.45, 7) is 5.65. The van der Waals surface area contributed by atoms with E-state index in [0.717, 1.165) is 6.42 Å². The predicted octanol–water partition coefficient (Wildman–Crippen LogP) is 1.15. The number of nitrogens with zero attached hydrogens (tertiary/aromatic N) is 2. The summed E-state index contributed by atoms with van der Waals surface area (Å²) in [5.41, 5.74) is 6.13. The van der Waals surface area contributed by atoms with Crippen LogP contribution >= 0.6 is 0 Å². The van der Waals surface area contributed by atoms with Crippen molar-refractivity contribution in [2.24, 2.45) is 11.1 Å². The number of nitrogens with two attached hydrogens (primary N) is 1. The van der Waals surface area contributed by atoms with Gasteiger partial charge in [0, 0.05) is 25.3 Å². The Bertz CT molecular complexity index is 424. The first-order valence-corrected chi connectivity index (χ1v) is 6.55. The van der Waals surface area contributed by atoms with Gasteiger partial charge in [-0.25, -0.2) is 4.98 Å². The molecule has 5 heteroatoms. The van der Waals surface area contributed by atoms with Crippen LogP contribution in [0.2, 0.25) is 0 Å². The number of hydrogen-bond acceptors (Lipinski definition) is 3. The maximum Gasteiger partial charge on any atom is 0.271 e. The van der Waals surface area contributed by atoms with E-state index in [-0.39, 0.29) is 17.4 Å². The van der Waals surface area contributed by atoms with E-state index in [9.17, 15) is 4.79 Å². The molecule has 1 fully saturated rings. The fraction of sp³-hybridized carbons (Fsp3) is 0.692. The van der Waals surface area contributed by atoms with Gasteiger partial charge in [-0.05, 0) is 18.3 Å². The van der Waals surface area contributed by atoms with E-state index in [1.165, 1.54) is 12.8 Å². The van der Waals surface area contributed by atoms with E-state index in [1.54, 1.807) is 12.5 Å². The Kier molecular flexibility index (Phi) is 3.71. The Morgan fingerprint density at radius 1 is 1.67 bits per heavy atom. The topological polar surface area (TPSA) is 72.9 Å². The molecule has 1 aliphatic rings. The molecule has 18 heavy (non-hydrogen) atoms. The zero-order valence-electron chi connectivity index (χ0n) is 11.1. The lowest BCUT2D eigenvalue weighted by Gasteiger charge is -2.27. The minimum Gasteiger partial charge on any atom is -0.347 e. The highest BCUT2D eigenvalue weighted by atomic mass is 16.2. The van der Waals surface area contributed by atoms with Crippen molar-refractivity contribution in [1.82, 2.24) is 14.9 Å². The van der Waals surface area contributed by atoms with Gasteiger partial charge in [-0.2, -0.15) is 0 Å². The lowest BCUT2D eigenvalue weighted by atomic mass is 9.87. The Morgan fingerprint density at radius 2 is 2.44 bits per heavy atom. The van der Waals surface area contributed by atoms with E-state index in [0.29, 0.717) is 18.8 Å². The van der Waals surface area contributed by atoms with Gasteiger partial charge >= 0.3 is 0 Å². The normalized spacial score (nSPS) is 22.1. The smallest absolute Gasteiger partial charge is 0.271 e. The molecule has 1 aromatic heterocycles. The van der Waals surface area contributed by atoms with E-state index in [2.05, 4.69) is 24.1 Å². The van der Waals surface area contributed by atoms with E-state index >= 15 is 0 Å². The quantitative estimate of drug-likeness (QED) is 0.842. The maximum absolute atomic E-state index is 12.1. The number of imidazole rings is 1. The second-order valence-corrected chi connectivity index (χ2v) is 5.69. The maximum atomic E-state index is 12.1. The van der Waals surface area contributed by atoms with Gasteiger partial charge in [0.2, 0.25) is 0 Å². The average Bonchev–Trinajstić information content (AvgIpc) is 2.87. The second-order valence-electron chi connectivity index (χ2n) is 5.69. The lowest BCUT2D eigenvalue weighted by Crippen LogP contribution is -2.41. The summed E-state index contributed by atoms with van der Waals surface area (Å²) >= 11 is 0. The molecule has 0 saturated heterocycles. The van der Waals surface area contributed by atoms with Crippen LogP contribution in [0.5, 0.6) is 0 Å². The zero-order valence-corrected chi connectivity index (χ0v) is 11.1. The van der Waals surface area contributed by atoms with Gasteiger partial charge in [-0.1, -0.05) is 20.3 Å². The van der Waals surface area contributed by atoms with Gasteiger partial charge in [0.05, 0.1) is 6.33 Å². The largest absolute Gasteiger partial charge is 0.347 e. The molecule has 0 spiro atoms. The number of amides is 1. The van der Waals surface area contributed by atoms with Crippen LogP contribution in [0.25, 0.3) is 0 Å². The summed E-state index contributed by atoms with van der Waals surface area (Å²) in [6.07, 6.45) is 6.81. The van der Waals surface area contributed by atoms with Gasteiger partial charge in [0.25, 0.3) is 5.91 Å². The number of carbonyl (C=O) groups is 1. The van der Waals surface area contributed by atoms with Crippen molar-refractivity contribution in [2.75, 3.05) is 6.54 Å². The molecule has 0 bridgehead atoms. The van der Waals surface area contributed by atoms with Gasteiger partial charge in [-0.15, -0.1) is 0 Å². The molecule has 1 atom stereocenters. The molecule has 1 aromatic rings. The van der Waals surface area contributed by atoms with Gasteiger partial charge < -0.3 is 15.6 Å². The average molecular weight is 250 g/mol. The number of hydrogen-bond donors (Lipinski definition) is 2. The van der Waals surface area contributed by atoms with Gasteiger partial charge in [0.15, 0.2) is 0 Å². The number of rotatable bonds is 4. The molecular weight excluding hydrogens is 228 g/mol. The van der Waals surface area contributed by atoms with Crippen LogP contribution in [0.4, 0.5) is 0 Å². The predicted molar refractivity (Wildman–Crippen MR) is 70.2 cm³/mol. The van der Waals surface area contributed by atoms with Gasteiger partial charge in [-0.3, -0.25) is 4.79 Å². The molecule has 5 nitrogen and oxygen atoms in total. The molecule has 1 heterocycles. The van der Waals surface area contributed by atoms with Crippen molar-refractivity contribution < 1.29 is 4.79 Å². The van der Waals surface area contributed by atoms with Crippen LogP contribution in [0.15, 0.2) is 12.5 Å². The Hall–Kier alpha value is -1.36. The molecule has 0 aromatic carbocycles. The highest BCUT2D eigenvalue weighted by molar-refractivity contribution is 5.92. The van der Waals surface area contributed by atoms with E-state index < -0.39 is 0 Å². The Morgan fingerprint density at radius 3 is 3.06 bits per heavy atom. The highest BCUT2D eigenvalue weighted by Gasteiger charge is 2.35. The van der Waals surface area contributed by atoms with Crippen molar-refractivity contribution >= 4 is 5.91 Å². The summed E-state index contributed by atoms with van der Waals surface area (Å²) < 4.78 is 1.84. The van der Waals surface area contributed by atoms with Crippen molar-refractivity contribution in [3.05, 3.63) is 18.2 Å². The molecule has 3 N–H and O–H groups in total. The highest BCUT2D eigenvalue weighted by Crippen LogP contribution is 2.37. The number of carbonyl (C=O) groups excluding carboxylic acids is 1. The Labute approximate surface area is 108 Å².